The number of H-pyrrole nitrogens is 1. The Morgan fingerprint density at radius 2 is 2.03 bits per heavy atom. The van der Waals surface area contributed by atoms with Crippen molar-refractivity contribution >= 4 is 31.6 Å². The highest BCUT2D eigenvalue weighted by molar-refractivity contribution is 9.09. The molecular weight excluding hydrogens is 501 g/mol. The lowest BCUT2D eigenvalue weighted by Gasteiger charge is -2.25. The number of aromatic nitrogens is 2. The molecule has 0 radical (unpaired) electrons. The molecule has 12 heteroatoms. The van der Waals surface area contributed by atoms with Gasteiger partial charge in [-0.3, -0.25) is 5.10 Å². The predicted molar refractivity (Wildman–Crippen MR) is 109 cm³/mol. The van der Waals surface area contributed by atoms with Crippen LogP contribution in [0.25, 0.3) is 11.3 Å². The third-order valence-corrected chi connectivity index (χ3v) is 6.72. The van der Waals surface area contributed by atoms with Gasteiger partial charge in [0.05, 0.1) is 11.8 Å². The molecule has 0 fully saturated rings. The number of anilines is 1. The van der Waals surface area contributed by atoms with Crippen molar-refractivity contribution in [2.24, 2.45) is 0 Å². The first-order valence-electron chi connectivity index (χ1n) is 8.55. The lowest BCUT2D eigenvalue weighted by Crippen LogP contribution is -2.34. The van der Waals surface area contributed by atoms with Gasteiger partial charge in [-0.25, -0.2) is 25.9 Å². The largest absolute Gasteiger partial charge is 0.363 e. The summed E-state index contributed by atoms with van der Waals surface area (Å²) in [6.07, 6.45) is 1.40. The zero-order chi connectivity index (χ0) is 22.8. The van der Waals surface area contributed by atoms with Gasteiger partial charge in [0.25, 0.3) is 10.0 Å². The third kappa shape index (κ3) is 4.30. The smallest absolute Gasteiger partial charge is 0.269 e. The van der Waals surface area contributed by atoms with Crippen LogP contribution >= 0.6 is 15.9 Å². The van der Waals surface area contributed by atoms with E-state index >= 15 is 4.39 Å². The van der Waals surface area contributed by atoms with E-state index in [4.69, 9.17) is 10.00 Å². The number of nitrogens with one attached hydrogen (secondary N) is 1. The SMILES string of the molecule is COCN(c1cccc(-c2n[nH]cc2C(Br)C#N)c1F)S(=O)(=O)c1cc(F)ccc1F. The van der Waals surface area contributed by atoms with Crippen molar-refractivity contribution in [2.75, 3.05) is 18.1 Å². The van der Waals surface area contributed by atoms with Crippen molar-refractivity contribution in [1.29, 1.82) is 5.26 Å². The molecule has 162 valence electrons. The van der Waals surface area contributed by atoms with E-state index in [2.05, 4.69) is 26.1 Å². The van der Waals surface area contributed by atoms with Crippen LogP contribution in [0.1, 0.15) is 10.4 Å². The Kier molecular flexibility index (Phi) is 6.68. The summed E-state index contributed by atoms with van der Waals surface area (Å²) in [5, 5.41) is 15.6. The summed E-state index contributed by atoms with van der Waals surface area (Å²) >= 11 is 3.14. The number of sulfonamides is 1. The maximum Gasteiger partial charge on any atom is 0.269 e. The molecule has 1 unspecified atom stereocenters. The minimum absolute atomic E-state index is 0.0782. The first kappa shape index (κ1) is 22.8. The molecule has 1 N–H and O–H groups in total. The maximum absolute atomic E-state index is 15.5. The normalized spacial score (nSPS) is 12.4. The van der Waals surface area contributed by atoms with Gasteiger partial charge < -0.3 is 4.74 Å². The Morgan fingerprint density at radius 3 is 2.71 bits per heavy atom. The van der Waals surface area contributed by atoms with Gasteiger partial charge in [0.2, 0.25) is 0 Å². The molecule has 3 aromatic rings. The number of aromatic amines is 1. The van der Waals surface area contributed by atoms with E-state index in [0.29, 0.717) is 22.0 Å². The zero-order valence-electron chi connectivity index (χ0n) is 15.8. The fourth-order valence-electron chi connectivity index (χ4n) is 2.85. The molecule has 3 rings (SSSR count). The Balaban J connectivity index is 2.18. The van der Waals surface area contributed by atoms with Crippen molar-refractivity contribution in [3.05, 3.63) is 65.6 Å². The molecule has 0 aliphatic heterocycles. The summed E-state index contributed by atoms with van der Waals surface area (Å²) in [7, 11) is -3.58. The van der Waals surface area contributed by atoms with Crippen LogP contribution in [0.15, 0.2) is 47.5 Å². The first-order valence-corrected chi connectivity index (χ1v) is 10.9. The predicted octanol–water partition coefficient (Wildman–Crippen LogP) is 4.25. The van der Waals surface area contributed by atoms with Crippen LogP contribution in [0, 0.1) is 28.8 Å². The van der Waals surface area contributed by atoms with Crippen molar-refractivity contribution < 1.29 is 26.3 Å². The van der Waals surface area contributed by atoms with Crippen molar-refractivity contribution in [3.8, 4) is 17.3 Å². The van der Waals surface area contributed by atoms with Crippen LogP contribution in [-0.4, -0.2) is 32.5 Å². The number of alkyl halides is 1. The van der Waals surface area contributed by atoms with Crippen LogP contribution in [-0.2, 0) is 14.8 Å². The molecule has 0 aliphatic carbocycles. The second-order valence-electron chi connectivity index (χ2n) is 6.17. The Labute approximate surface area is 184 Å². The maximum atomic E-state index is 15.5. The molecule has 0 saturated heterocycles. The van der Waals surface area contributed by atoms with Gasteiger partial charge >= 0.3 is 0 Å². The number of halogens is 4. The Hall–Kier alpha value is -2.88. The fraction of sp³-hybridized carbons (Fsp3) is 0.158. The monoisotopic (exact) mass is 514 g/mol. The molecule has 1 heterocycles. The van der Waals surface area contributed by atoms with Crippen molar-refractivity contribution in [2.45, 2.75) is 9.72 Å². The van der Waals surface area contributed by atoms with E-state index in [-0.39, 0.29) is 11.3 Å². The highest BCUT2D eigenvalue weighted by atomic mass is 79.9. The van der Waals surface area contributed by atoms with Crippen LogP contribution < -0.4 is 4.31 Å². The Morgan fingerprint density at radius 1 is 1.29 bits per heavy atom. The molecule has 7 nitrogen and oxygen atoms in total. The summed E-state index contributed by atoms with van der Waals surface area (Å²) in [6, 6.07) is 7.73. The van der Waals surface area contributed by atoms with Crippen LogP contribution in [0.3, 0.4) is 0 Å². The van der Waals surface area contributed by atoms with E-state index in [0.717, 1.165) is 12.1 Å². The van der Waals surface area contributed by atoms with Crippen molar-refractivity contribution in [3.63, 3.8) is 0 Å². The summed E-state index contributed by atoms with van der Waals surface area (Å²) in [6.45, 7) is -0.675. The average Bonchev–Trinajstić information content (AvgIpc) is 3.23. The average molecular weight is 515 g/mol. The molecule has 0 amide bonds. The third-order valence-electron chi connectivity index (χ3n) is 4.27. The van der Waals surface area contributed by atoms with Gasteiger partial charge in [-0.15, -0.1) is 0 Å². The van der Waals surface area contributed by atoms with Gasteiger partial charge in [0.15, 0.2) is 5.82 Å². The number of hydrogen-bond acceptors (Lipinski definition) is 5. The minimum atomic E-state index is -4.75. The minimum Gasteiger partial charge on any atom is -0.363 e. The molecule has 1 atom stereocenters. The molecule has 31 heavy (non-hydrogen) atoms. The summed E-state index contributed by atoms with van der Waals surface area (Å²) in [4.78, 5) is -1.77. The number of rotatable bonds is 7. The summed E-state index contributed by atoms with van der Waals surface area (Å²) in [5.74, 6) is -3.19. The summed E-state index contributed by atoms with van der Waals surface area (Å²) < 4.78 is 74.8. The second-order valence-corrected chi connectivity index (χ2v) is 8.91. The number of hydrogen-bond donors (Lipinski definition) is 1. The van der Waals surface area contributed by atoms with Gasteiger partial charge in [-0.2, -0.15) is 10.4 Å². The number of nitrogens with zero attached hydrogens (tertiary/aromatic N) is 3. The molecule has 0 bridgehead atoms. The number of methoxy groups -OCH3 is 1. The lowest BCUT2D eigenvalue weighted by atomic mass is 10.0. The fourth-order valence-corrected chi connectivity index (χ4v) is 4.66. The molecule has 1 aromatic heterocycles. The van der Waals surface area contributed by atoms with Gasteiger partial charge in [-0.05, 0) is 30.3 Å². The van der Waals surface area contributed by atoms with E-state index in [1.165, 1.54) is 25.4 Å². The number of nitriles is 1. The number of ether oxygens (including phenoxy) is 1. The first-order chi connectivity index (χ1) is 14.7. The van der Waals surface area contributed by atoms with E-state index < -0.39 is 49.6 Å². The standard InChI is InChI=1S/C19H14BrF3N4O3S/c1-30-10-27(31(28,29)17-7-11(21)5-6-15(17)22)16-4-2-3-12(18(16)23)19-13(9-25-26-19)14(20)8-24/h2-7,9,14H,10H2,1H3,(H,25,26). The van der Waals surface area contributed by atoms with E-state index in [1.807, 2.05) is 6.07 Å². The summed E-state index contributed by atoms with van der Waals surface area (Å²) in [5.41, 5.74) is -0.171. The van der Waals surface area contributed by atoms with E-state index in [9.17, 15) is 17.2 Å². The quantitative estimate of drug-likeness (QED) is 0.375. The molecule has 0 aliphatic rings. The Bertz CT molecular complexity index is 1260. The lowest BCUT2D eigenvalue weighted by molar-refractivity contribution is 0.209. The van der Waals surface area contributed by atoms with Crippen LogP contribution in [0.2, 0.25) is 0 Å². The topological polar surface area (TPSA) is 99.1 Å². The van der Waals surface area contributed by atoms with Crippen molar-refractivity contribution in [1.82, 2.24) is 10.2 Å². The zero-order valence-corrected chi connectivity index (χ0v) is 18.2. The highest BCUT2D eigenvalue weighted by Crippen LogP contribution is 2.36. The second kappa shape index (κ2) is 9.09. The van der Waals surface area contributed by atoms with Crippen LogP contribution in [0.5, 0.6) is 0 Å². The molecule has 0 saturated carbocycles. The molecule has 0 spiro atoms. The highest BCUT2D eigenvalue weighted by Gasteiger charge is 2.32. The van der Waals surface area contributed by atoms with Gasteiger partial charge in [0, 0.05) is 24.4 Å². The van der Waals surface area contributed by atoms with Gasteiger partial charge in [0.1, 0.15) is 33.8 Å². The van der Waals surface area contributed by atoms with Gasteiger partial charge in [-0.1, -0.05) is 22.0 Å². The van der Waals surface area contributed by atoms with E-state index in [1.54, 1.807) is 0 Å². The molecular formula is C19H14BrF3N4O3S. The molecule has 2 aromatic carbocycles. The van der Waals surface area contributed by atoms with Crippen LogP contribution in [0.4, 0.5) is 18.9 Å². The number of benzene rings is 2.